The van der Waals surface area contributed by atoms with Gasteiger partial charge in [0.05, 0.1) is 25.5 Å². The lowest BCUT2D eigenvalue weighted by molar-refractivity contribution is 0.101. The molecular weight excluding hydrogens is 410 g/mol. The summed E-state index contributed by atoms with van der Waals surface area (Å²) in [6.45, 7) is 0.170. The van der Waals surface area contributed by atoms with Crippen LogP contribution >= 0.6 is 0 Å². The highest BCUT2D eigenvalue weighted by atomic mass is 19.1. The van der Waals surface area contributed by atoms with Crippen LogP contribution < -0.4 is 15.7 Å². The minimum Gasteiger partial charge on any atom is -0.497 e. The lowest BCUT2D eigenvalue weighted by Gasteiger charge is -2.09. The van der Waals surface area contributed by atoms with Crippen LogP contribution in [0.1, 0.15) is 15.9 Å². The third-order valence-electron chi connectivity index (χ3n) is 4.56. The van der Waals surface area contributed by atoms with Crippen molar-refractivity contribution in [1.82, 2.24) is 25.0 Å². The maximum atomic E-state index is 13.9. The summed E-state index contributed by atoms with van der Waals surface area (Å²) in [6.07, 6.45) is 1.25. The van der Waals surface area contributed by atoms with E-state index in [4.69, 9.17) is 4.74 Å². The van der Waals surface area contributed by atoms with E-state index in [9.17, 15) is 18.4 Å². The van der Waals surface area contributed by atoms with E-state index in [0.29, 0.717) is 5.75 Å². The minimum absolute atomic E-state index is 0.0997. The lowest BCUT2D eigenvalue weighted by Crippen LogP contribution is -2.19. The zero-order chi connectivity index (χ0) is 22.0. The molecule has 0 unspecified atom stereocenters. The molecule has 0 aliphatic heterocycles. The number of aromatic nitrogens is 5. The van der Waals surface area contributed by atoms with Crippen molar-refractivity contribution in [2.24, 2.45) is 0 Å². The fourth-order valence-electron chi connectivity index (χ4n) is 3.02. The molecule has 0 aliphatic carbocycles. The van der Waals surface area contributed by atoms with Crippen LogP contribution in [0.4, 0.5) is 14.5 Å². The first-order chi connectivity index (χ1) is 15.0. The van der Waals surface area contributed by atoms with E-state index in [1.54, 1.807) is 31.4 Å². The summed E-state index contributed by atoms with van der Waals surface area (Å²) in [5.74, 6) is -2.18. The fraction of sp³-hybridized carbons (Fsp3) is 0.100. The molecule has 4 rings (SSSR count). The third kappa shape index (κ3) is 3.92. The van der Waals surface area contributed by atoms with Crippen LogP contribution in [-0.2, 0) is 6.54 Å². The highest BCUT2D eigenvalue weighted by molar-refractivity contribution is 6.06. The van der Waals surface area contributed by atoms with Gasteiger partial charge in [0.2, 0.25) is 0 Å². The number of halogens is 2. The first-order valence-corrected chi connectivity index (χ1v) is 9.05. The van der Waals surface area contributed by atoms with Crippen LogP contribution in [-0.4, -0.2) is 38.0 Å². The summed E-state index contributed by atoms with van der Waals surface area (Å²) in [5, 5.41) is 15.3. The molecule has 0 atom stereocenters. The topological polar surface area (TPSA) is 118 Å². The summed E-state index contributed by atoms with van der Waals surface area (Å²) in [5.41, 5.74) is -0.131. The van der Waals surface area contributed by atoms with Crippen LogP contribution in [0.5, 0.6) is 5.75 Å². The zero-order valence-corrected chi connectivity index (χ0v) is 16.1. The van der Waals surface area contributed by atoms with Gasteiger partial charge in [-0.15, -0.1) is 0 Å². The standard InChI is InChI=1S/C20H16F2N6O3/c1-31-12-7-5-11(6-8-12)10-28-18(26-27-20(28)30)17-15(9-23-25-17)24-19(29)16-13(21)3-2-4-14(16)22/h2-9H,10H2,1H3,(H,23,25)(H,24,29)(H,27,30). The summed E-state index contributed by atoms with van der Waals surface area (Å²) >= 11 is 0. The smallest absolute Gasteiger partial charge is 0.343 e. The molecule has 11 heteroatoms. The van der Waals surface area contributed by atoms with Gasteiger partial charge in [-0.3, -0.25) is 14.5 Å². The fourth-order valence-corrected chi connectivity index (χ4v) is 3.02. The Morgan fingerprint density at radius 1 is 1.13 bits per heavy atom. The minimum atomic E-state index is -1.00. The average molecular weight is 426 g/mol. The number of hydrogen-bond acceptors (Lipinski definition) is 5. The van der Waals surface area contributed by atoms with Gasteiger partial charge in [-0.2, -0.15) is 10.2 Å². The number of nitrogens with one attached hydrogen (secondary N) is 3. The van der Waals surface area contributed by atoms with Crippen molar-refractivity contribution in [3.8, 4) is 17.3 Å². The SMILES string of the molecule is COc1ccc(Cn2c(-c3[nH]ncc3NC(=O)c3c(F)cccc3F)n[nH]c2=O)cc1. The van der Waals surface area contributed by atoms with Crippen LogP contribution in [0.2, 0.25) is 0 Å². The molecule has 0 aliphatic rings. The molecule has 3 N–H and O–H groups in total. The Morgan fingerprint density at radius 2 is 1.84 bits per heavy atom. The molecule has 4 aromatic rings. The molecule has 0 spiro atoms. The Bertz CT molecular complexity index is 1270. The van der Waals surface area contributed by atoms with Crippen LogP contribution in [0, 0.1) is 11.6 Å². The van der Waals surface area contributed by atoms with Gasteiger partial charge in [-0.05, 0) is 29.8 Å². The summed E-state index contributed by atoms with van der Waals surface area (Å²) < 4.78 is 34.3. The molecule has 0 saturated heterocycles. The Kier molecular flexibility index (Phi) is 5.31. The molecule has 31 heavy (non-hydrogen) atoms. The Labute approximate surface area is 173 Å². The highest BCUT2D eigenvalue weighted by Crippen LogP contribution is 2.25. The highest BCUT2D eigenvalue weighted by Gasteiger charge is 2.22. The molecule has 9 nitrogen and oxygen atoms in total. The molecule has 0 bridgehead atoms. The van der Waals surface area contributed by atoms with Gasteiger partial charge >= 0.3 is 5.69 Å². The molecule has 0 saturated carbocycles. The number of anilines is 1. The predicted octanol–water partition coefficient (Wildman–Crippen LogP) is 2.55. The van der Waals surface area contributed by atoms with E-state index in [1.165, 1.54) is 10.8 Å². The van der Waals surface area contributed by atoms with Crippen LogP contribution in [0.25, 0.3) is 11.5 Å². The number of hydrogen-bond donors (Lipinski definition) is 3. The molecular formula is C20H16F2N6O3. The number of ether oxygens (including phenoxy) is 1. The molecule has 0 fully saturated rings. The lowest BCUT2D eigenvalue weighted by atomic mass is 10.1. The first-order valence-electron chi connectivity index (χ1n) is 9.05. The second-order valence-electron chi connectivity index (χ2n) is 6.50. The number of benzene rings is 2. The quantitative estimate of drug-likeness (QED) is 0.438. The van der Waals surface area contributed by atoms with Gasteiger partial charge in [0.15, 0.2) is 5.82 Å². The van der Waals surface area contributed by atoms with Crippen molar-refractivity contribution in [3.63, 3.8) is 0 Å². The number of aromatic amines is 2. The zero-order valence-electron chi connectivity index (χ0n) is 16.1. The number of H-pyrrole nitrogens is 2. The maximum Gasteiger partial charge on any atom is 0.343 e. The van der Waals surface area contributed by atoms with Crippen molar-refractivity contribution >= 4 is 11.6 Å². The molecule has 0 radical (unpaired) electrons. The largest absolute Gasteiger partial charge is 0.497 e. The van der Waals surface area contributed by atoms with Gasteiger partial charge in [0.25, 0.3) is 5.91 Å². The summed E-state index contributed by atoms with van der Waals surface area (Å²) in [6, 6.07) is 10.2. The van der Waals surface area contributed by atoms with E-state index in [1.807, 2.05) is 0 Å². The molecule has 2 aromatic heterocycles. The van der Waals surface area contributed by atoms with E-state index in [-0.39, 0.29) is 23.8 Å². The molecule has 2 aromatic carbocycles. The third-order valence-corrected chi connectivity index (χ3v) is 4.56. The van der Waals surface area contributed by atoms with E-state index < -0.39 is 28.8 Å². The maximum absolute atomic E-state index is 13.9. The normalized spacial score (nSPS) is 10.8. The van der Waals surface area contributed by atoms with E-state index >= 15 is 0 Å². The van der Waals surface area contributed by atoms with Crippen molar-refractivity contribution in [3.05, 3.63) is 81.9 Å². The number of carbonyl (C=O) groups excluding carboxylic acids is 1. The van der Waals surface area contributed by atoms with Gasteiger partial charge < -0.3 is 10.1 Å². The monoisotopic (exact) mass is 426 g/mol. The number of rotatable bonds is 6. The molecule has 158 valence electrons. The van der Waals surface area contributed by atoms with Crippen molar-refractivity contribution in [2.75, 3.05) is 12.4 Å². The summed E-state index contributed by atoms with van der Waals surface area (Å²) in [4.78, 5) is 24.7. The Morgan fingerprint density at radius 3 is 2.52 bits per heavy atom. The van der Waals surface area contributed by atoms with Crippen molar-refractivity contribution < 1.29 is 18.3 Å². The average Bonchev–Trinajstić information content (AvgIpc) is 3.35. The second-order valence-corrected chi connectivity index (χ2v) is 6.50. The number of carbonyl (C=O) groups is 1. The van der Waals surface area contributed by atoms with Gasteiger partial charge in [-0.1, -0.05) is 18.2 Å². The van der Waals surface area contributed by atoms with Gasteiger partial charge in [0.1, 0.15) is 28.6 Å². The molecule has 2 heterocycles. The second kappa shape index (κ2) is 8.22. The number of methoxy groups -OCH3 is 1. The Balaban J connectivity index is 1.64. The van der Waals surface area contributed by atoms with E-state index in [0.717, 1.165) is 23.8 Å². The number of nitrogens with zero attached hydrogens (tertiary/aromatic N) is 3. The van der Waals surface area contributed by atoms with E-state index in [2.05, 4.69) is 25.7 Å². The van der Waals surface area contributed by atoms with Gasteiger partial charge in [0, 0.05) is 0 Å². The number of amides is 1. The first kappa shape index (κ1) is 20.0. The van der Waals surface area contributed by atoms with Gasteiger partial charge in [-0.25, -0.2) is 18.7 Å². The molecule has 1 amide bonds. The predicted molar refractivity (Wildman–Crippen MR) is 107 cm³/mol. The summed E-state index contributed by atoms with van der Waals surface area (Å²) in [7, 11) is 1.55. The van der Waals surface area contributed by atoms with Crippen LogP contribution in [0.3, 0.4) is 0 Å². The Hall–Kier alpha value is -4.28. The van der Waals surface area contributed by atoms with Crippen molar-refractivity contribution in [2.45, 2.75) is 6.54 Å². The van der Waals surface area contributed by atoms with Crippen molar-refractivity contribution in [1.29, 1.82) is 0 Å². The van der Waals surface area contributed by atoms with Crippen LogP contribution in [0.15, 0.2) is 53.5 Å².